The van der Waals surface area contributed by atoms with Crippen LogP contribution in [0.4, 0.5) is 0 Å². The number of carbonyl (C=O) groups is 1. The highest BCUT2D eigenvalue weighted by molar-refractivity contribution is 5.76. The molecule has 1 aliphatic rings. The Bertz CT molecular complexity index is 665. The first-order valence-electron chi connectivity index (χ1n) is 8.76. The van der Waals surface area contributed by atoms with Crippen LogP contribution in [0.3, 0.4) is 0 Å². The molecule has 2 heterocycles. The third-order valence-electron chi connectivity index (χ3n) is 4.84. The lowest BCUT2D eigenvalue weighted by atomic mass is 9.92. The molecule has 2 unspecified atom stereocenters. The Morgan fingerprint density at radius 3 is 2.92 bits per heavy atom. The predicted molar refractivity (Wildman–Crippen MR) is 94.8 cm³/mol. The first kappa shape index (κ1) is 16.7. The Kier molecular flexibility index (Phi) is 5.30. The highest BCUT2D eigenvalue weighted by atomic mass is 16.2. The fourth-order valence-electron chi connectivity index (χ4n) is 3.29. The van der Waals surface area contributed by atoms with Gasteiger partial charge in [-0.1, -0.05) is 18.2 Å². The fraction of sp³-hybridized carbons (Fsp3) is 0.474. The summed E-state index contributed by atoms with van der Waals surface area (Å²) in [5, 5.41) is 4.39. The number of amides is 1. The largest absolute Gasteiger partial charge is 0.342 e. The lowest BCUT2D eigenvalue weighted by molar-refractivity contribution is -0.133. The third kappa shape index (κ3) is 4.03. The molecule has 1 amide bonds. The summed E-state index contributed by atoms with van der Waals surface area (Å²) in [4.78, 5) is 14.5. The van der Waals surface area contributed by atoms with Crippen LogP contribution >= 0.6 is 0 Å². The van der Waals surface area contributed by atoms with Gasteiger partial charge in [-0.15, -0.1) is 0 Å². The standard InChI is InChI=1S/C19H26N4O/c1-15(20)17-6-5-11-22(14-17)19(24)10-9-16-12-21-23(13-16)18-7-3-2-4-8-18/h2-4,7-8,12-13,15,17H,5-6,9-11,14,20H2,1H3. The molecule has 2 N–H and O–H groups in total. The summed E-state index contributed by atoms with van der Waals surface area (Å²) in [5.41, 5.74) is 8.13. The lowest BCUT2D eigenvalue weighted by Crippen LogP contribution is -2.45. The van der Waals surface area contributed by atoms with Crippen molar-refractivity contribution in [3.8, 4) is 5.69 Å². The van der Waals surface area contributed by atoms with Gasteiger partial charge >= 0.3 is 0 Å². The van der Waals surface area contributed by atoms with Crippen LogP contribution in [-0.2, 0) is 11.2 Å². The van der Waals surface area contributed by atoms with Crippen molar-refractivity contribution >= 4 is 5.91 Å². The number of hydrogen-bond acceptors (Lipinski definition) is 3. The number of nitrogens with zero attached hydrogens (tertiary/aromatic N) is 3. The Morgan fingerprint density at radius 2 is 2.17 bits per heavy atom. The van der Waals surface area contributed by atoms with E-state index in [0.717, 1.165) is 43.6 Å². The van der Waals surface area contributed by atoms with Crippen molar-refractivity contribution in [2.24, 2.45) is 11.7 Å². The van der Waals surface area contributed by atoms with Gasteiger partial charge in [-0.05, 0) is 49.8 Å². The SMILES string of the molecule is CC(N)C1CCCN(C(=O)CCc2cnn(-c3ccccc3)c2)C1. The number of hydrogen-bond donors (Lipinski definition) is 1. The number of rotatable bonds is 5. The fourth-order valence-corrected chi connectivity index (χ4v) is 3.29. The molecule has 1 fully saturated rings. The summed E-state index contributed by atoms with van der Waals surface area (Å²) in [5.74, 6) is 0.663. The molecule has 24 heavy (non-hydrogen) atoms. The van der Waals surface area contributed by atoms with E-state index in [-0.39, 0.29) is 11.9 Å². The Balaban J connectivity index is 1.54. The van der Waals surface area contributed by atoms with Crippen LogP contribution in [0.25, 0.3) is 5.69 Å². The normalized spacial score (nSPS) is 19.2. The van der Waals surface area contributed by atoms with E-state index >= 15 is 0 Å². The van der Waals surface area contributed by atoms with Crippen molar-refractivity contribution < 1.29 is 4.79 Å². The van der Waals surface area contributed by atoms with Gasteiger partial charge in [-0.2, -0.15) is 5.10 Å². The lowest BCUT2D eigenvalue weighted by Gasteiger charge is -2.34. The van der Waals surface area contributed by atoms with Crippen LogP contribution in [0.2, 0.25) is 0 Å². The summed E-state index contributed by atoms with van der Waals surface area (Å²) < 4.78 is 1.85. The van der Waals surface area contributed by atoms with Gasteiger partial charge in [0, 0.05) is 31.7 Å². The molecule has 2 atom stereocenters. The Labute approximate surface area is 143 Å². The van der Waals surface area contributed by atoms with E-state index in [2.05, 4.69) is 5.10 Å². The van der Waals surface area contributed by atoms with Crippen molar-refractivity contribution in [3.05, 3.63) is 48.3 Å². The molecule has 0 radical (unpaired) electrons. The summed E-state index contributed by atoms with van der Waals surface area (Å²) in [6.07, 6.45) is 7.30. The van der Waals surface area contributed by atoms with E-state index in [1.54, 1.807) is 0 Å². The molecule has 0 saturated carbocycles. The molecule has 0 spiro atoms. The number of para-hydroxylation sites is 1. The van der Waals surface area contributed by atoms with Gasteiger partial charge in [-0.25, -0.2) is 4.68 Å². The second-order valence-electron chi connectivity index (χ2n) is 6.73. The van der Waals surface area contributed by atoms with Crippen LogP contribution < -0.4 is 5.73 Å². The van der Waals surface area contributed by atoms with Crippen molar-refractivity contribution in [1.29, 1.82) is 0 Å². The topological polar surface area (TPSA) is 64.2 Å². The molecule has 0 bridgehead atoms. The average molecular weight is 326 g/mol. The second-order valence-corrected chi connectivity index (χ2v) is 6.73. The number of aromatic nitrogens is 2. The van der Waals surface area contributed by atoms with Gasteiger partial charge in [0.1, 0.15) is 0 Å². The van der Waals surface area contributed by atoms with Crippen LogP contribution in [0.5, 0.6) is 0 Å². The van der Waals surface area contributed by atoms with Crippen LogP contribution in [0.15, 0.2) is 42.7 Å². The highest BCUT2D eigenvalue weighted by Crippen LogP contribution is 2.20. The van der Waals surface area contributed by atoms with E-state index in [1.165, 1.54) is 0 Å². The number of carbonyl (C=O) groups excluding carboxylic acids is 1. The molecule has 2 aromatic rings. The maximum absolute atomic E-state index is 12.5. The molecule has 5 heteroatoms. The van der Waals surface area contributed by atoms with Gasteiger partial charge < -0.3 is 10.6 Å². The van der Waals surface area contributed by atoms with E-state index < -0.39 is 0 Å². The zero-order valence-electron chi connectivity index (χ0n) is 14.3. The number of nitrogens with two attached hydrogens (primary N) is 1. The average Bonchev–Trinajstić information content (AvgIpc) is 3.09. The van der Waals surface area contributed by atoms with Gasteiger partial charge in [0.05, 0.1) is 11.9 Å². The van der Waals surface area contributed by atoms with Crippen molar-refractivity contribution in [2.75, 3.05) is 13.1 Å². The molecule has 1 aromatic heterocycles. The molecule has 5 nitrogen and oxygen atoms in total. The molecule has 1 aromatic carbocycles. The van der Waals surface area contributed by atoms with Gasteiger partial charge in [0.15, 0.2) is 0 Å². The molecule has 1 aliphatic heterocycles. The number of piperidine rings is 1. The number of aryl methyl sites for hydroxylation is 1. The first-order chi connectivity index (χ1) is 11.6. The Hall–Kier alpha value is -2.14. The van der Waals surface area contributed by atoms with Crippen LogP contribution in [-0.4, -0.2) is 39.7 Å². The first-order valence-corrected chi connectivity index (χ1v) is 8.76. The van der Waals surface area contributed by atoms with Crippen molar-refractivity contribution in [3.63, 3.8) is 0 Å². The monoisotopic (exact) mass is 326 g/mol. The van der Waals surface area contributed by atoms with Crippen molar-refractivity contribution in [2.45, 2.75) is 38.6 Å². The van der Waals surface area contributed by atoms with E-state index in [0.29, 0.717) is 12.3 Å². The van der Waals surface area contributed by atoms with Gasteiger partial charge in [-0.3, -0.25) is 4.79 Å². The van der Waals surface area contributed by atoms with E-state index in [1.807, 2.05) is 59.2 Å². The molecular weight excluding hydrogens is 300 g/mol. The highest BCUT2D eigenvalue weighted by Gasteiger charge is 2.25. The van der Waals surface area contributed by atoms with E-state index in [9.17, 15) is 4.79 Å². The zero-order chi connectivity index (χ0) is 16.9. The van der Waals surface area contributed by atoms with Gasteiger partial charge in [0.2, 0.25) is 5.91 Å². The predicted octanol–water partition coefficient (Wildman–Crippen LogP) is 2.39. The summed E-state index contributed by atoms with van der Waals surface area (Å²) in [6.45, 7) is 3.71. The zero-order valence-corrected chi connectivity index (χ0v) is 14.3. The molecule has 1 saturated heterocycles. The summed E-state index contributed by atoms with van der Waals surface area (Å²) >= 11 is 0. The summed E-state index contributed by atoms with van der Waals surface area (Å²) in [7, 11) is 0. The minimum absolute atomic E-state index is 0.157. The van der Waals surface area contributed by atoms with Crippen LogP contribution in [0, 0.1) is 5.92 Å². The Morgan fingerprint density at radius 1 is 1.38 bits per heavy atom. The molecular formula is C19H26N4O. The molecule has 0 aliphatic carbocycles. The van der Waals surface area contributed by atoms with Crippen LogP contribution in [0.1, 0.15) is 31.7 Å². The maximum Gasteiger partial charge on any atom is 0.222 e. The van der Waals surface area contributed by atoms with Crippen molar-refractivity contribution in [1.82, 2.24) is 14.7 Å². The maximum atomic E-state index is 12.5. The third-order valence-corrected chi connectivity index (χ3v) is 4.84. The minimum Gasteiger partial charge on any atom is -0.342 e. The minimum atomic E-state index is 0.157. The van der Waals surface area contributed by atoms with Gasteiger partial charge in [0.25, 0.3) is 0 Å². The number of likely N-dealkylation sites (tertiary alicyclic amines) is 1. The smallest absolute Gasteiger partial charge is 0.222 e. The van der Waals surface area contributed by atoms with E-state index in [4.69, 9.17) is 5.73 Å². The second kappa shape index (κ2) is 7.62. The molecule has 128 valence electrons. The molecule has 3 rings (SSSR count). The quantitative estimate of drug-likeness (QED) is 0.917. The summed E-state index contributed by atoms with van der Waals surface area (Å²) in [6, 6.07) is 10.2. The number of benzene rings is 1.